The lowest BCUT2D eigenvalue weighted by atomic mass is 10.3. The third-order valence-corrected chi connectivity index (χ3v) is 1.12. The van der Waals surface area contributed by atoms with E-state index in [4.69, 9.17) is 5.73 Å². The fourth-order valence-electron chi connectivity index (χ4n) is 0.635. The summed E-state index contributed by atoms with van der Waals surface area (Å²) in [4.78, 5) is 0. The average molecular weight is 97.2 g/mol. The molecular weight excluding hydrogens is 86.1 g/mol. The van der Waals surface area contributed by atoms with Crippen molar-refractivity contribution in [3.63, 3.8) is 0 Å². The smallest absolute Gasteiger partial charge is 0.00111 e. The maximum absolute atomic E-state index is 5.39. The minimum atomic E-state index is 0.838. The quantitative estimate of drug-likeness (QED) is 0.523. The van der Waals surface area contributed by atoms with Gasteiger partial charge in [-0.05, 0) is 25.7 Å². The molecule has 1 heteroatoms. The van der Waals surface area contributed by atoms with Crippen LogP contribution < -0.4 is 5.73 Å². The summed E-state index contributed by atoms with van der Waals surface area (Å²) in [5, 5.41) is 0. The maximum atomic E-state index is 5.39. The second-order valence-corrected chi connectivity index (χ2v) is 2.25. The number of allylic oxidation sites excluding steroid dienone is 2. The van der Waals surface area contributed by atoms with Gasteiger partial charge < -0.3 is 5.73 Å². The molecule has 0 aromatic carbocycles. The van der Waals surface area contributed by atoms with Crippen molar-refractivity contribution in [2.75, 3.05) is 0 Å². The summed E-state index contributed by atoms with van der Waals surface area (Å²) in [6, 6.07) is 0. The Morgan fingerprint density at radius 1 is 1.71 bits per heavy atom. The van der Waals surface area contributed by atoms with Gasteiger partial charge in [0.1, 0.15) is 0 Å². The molecule has 0 spiro atoms. The highest BCUT2D eigenvalue weighted by Gasteiger charge is 2.17. The minimum absolute atomic E-state index is 0.838. The van der Waals surface area contributed by atoms with Gasteiger partial charge in [-0.15, -0.1) is 0 Å². The summed E-state index contributed by atoms with van der Waals surface area (Å²) in [5.41, 5.74) is 6.37. The highest BCUT2D eigenvalue weighted by Crippen LogP contribution is 2.30. The van der Waals surface area contributed by atoms with Gasteiger partial charge in [0.2, 0.25) is 0 Å². The Kier molecular flexibility index (Phi) is 1.05. The Labute approximate surface area is 44.2 Å². The maximum Gasteiger partial charge on any atom is 0.00111 e. The molecule has 0 aliphatic heterocycles. The molecule has 0 atom stereocenters. The summed E-state index contributed by atoms with van der Waals surface area (Å²) < 4.78 is 0. The summed E-state index contributed by atoms with van der Waals surface area (Å²) in [6.07, 6.45) is 4.85. The largest absolute Gasteiger partial charge is 0.403 e. The molecule has 0 saturated heterocycles. The SMILES string of the molecule is C/C(N)=C\C1CC1. The first kappa shape index (κ1) is 4.69. The molecule has 2 N–H and O–H groups in total. The molecule has 1 fully saturated rings. The van der Waals surface area contributed by atoms with E-state index in [-0.39, 0.29) is 0 Å². The van der Waals surface area contributed by atoms with Crippen molar-refractivity contribution in [2.45, 2.75) is 19.8 Å². The molecular formula is C6H11N. The van der Waals surface area contributed by atoms with E-state index < -0.39 is 0 Å². The molecule has 0 aromatic rings. The molecule has 1 aliphatic rings. The van der Waals surface area contributed by atoms with Crippen LogP contribution in [0.4, 0.5) is 0 Å². The van der Waals surface area contributed by atoms with Crippen LogP contribution in [-0.2, 0) is 0 Å². The van der Waals surface area contributed by atoms with Crippen molar-refractivity contribution < 1.29 is 0 Å². The van der Waals surface area contributed by atoms with Gasteiger partial charge in [-0.2, -0.15) is 0 Å². The topological polar surface area (TPSA) is 26.0 Å². The summed E-state index contributed by atoms with van der Waals surface area (Å²) in [6.45, 7) is 1.94. The second kappa shape index (κ2) is 1.57. The van der Waals surface area contributed by atoms with Crippen molar-refractivity contribution in [1.29, 1.82) is 0 Å². The van der Waals surface area contributed by atoms with E-state index >= 15 is 0 Å². The lowest BCUT2D eigenvalue weighted by Gasteiger charge is -1.83. The third kappa shape index (κ3) is 1.62. The van der Waals surface area contributed by atoms with Crippen LogP contribution in [0.25, 0.3) is 0 Å². The molecule has 40 valence electrons. The van der Waals surface area contributed by atoms with Crippen molar-refractivity contribution in [1.82, 2.24) is 0 Å². The normalized spacial score (nSPS) is 22.7. The molecule has 0 radical (unpaired) electrons. The van der Waals surface area contributed by atoms with E-state index in [1.54, 1.807) is 0 Å². The van der Waals surface area contributed by atoms with Crippen molar-refractivity contribution in [3.05, 3.63) is 11.8 Å². The number of hydrogen-bond donors (Lipinski definition) is 1. The predicted molar refractivity (Wildman–Crippen MR) is 30.7 cm³/mol. The van der Waals surface area contributed by atoms with E-state index in [1.807, 2.05) is 6.92 Å². The average Bonchev–Trinajstić information content (AvgIpc) is 2.17. The number of nitrogens with two attached hydrogens (primary N) is 1. The molecule has 1 aliphatic carbocycles. The predicted octanol–water partition coefficient (Wildman–Crippen LogP) is 1.26. The lowest BCUT2D eigenvalue weighted by molar-refractivity contribution is 1.08. The Hall–Kier alpha value is -0.460. The van der Waals surface area contributed by atoms with Gasteiger partial charge in [0.05, 0.1) is 0 Å². The summed E-state index contributed by atoms with van der Waals surface area (Å²) >= 11 is 0. The van der Waals surface area contributed by atoms with Crippen LogP contribution in [0.1, 0.15) is 19.8 Å². The standard InChI is InChI=1S/C6H11N/c1-5(7)4-6-2-3-6/h4,6H,2-3,7H2,1H3/b5-4+. The van der Waals surface area contributed by atoms with Gasteiger partial charge in [0, 0.05) is 5.70 Å². The van der Waals surface area contributed by atoms with Crippen LogP contribution in [0.3, 0.4) is 0 Å². The highest BCUT2D eigenvalue weighted by atomic mass is 14.5. The van der Waals surface area contributed by atoms with E-state index in [0.29, 0.717) is 0 Å². The Morgan fingerprint density at radius 3 is 2.43 bits per heavy atom. The fourth-order valence-corrected chi connectivity index (χ4v) is 0.635. The molecule has 0 aromatic heterocycles. The number of rotatable bonds is 1. The van der Waals surface area contributed by atoms with Crippen molar-refractivity contribution in [3.8, 4) is 0 Å². The van der Waals surface area contributed by atoms with Crippen LogP contribution >= 0.6 is 0 Å². The first-order valence-electron chi connectivity index (χ1n) is 2.73. The first-order valence-corrected chi connectivity index (χ1v) is 2.73. The van der Waals surface area contributed by atoms with E-state index in [2.05, 4.69) is 6.08 Å². The number of hydrogen-bond acceptors (Lipinski definition) is 1. The Morgan fingerprint density at radius 2 is 2.29 bits per heavy atom. The summed E-state index contributed by atoms with van der Waals surface area (Å²) in [5.74, 6) is 0.838. The Bertz CT molecular complexity index is 86.4. The van der Waals surface area contributed by atoms with Crippen LogP contribution in [0.2, 0.25) is 0 Å². The van der Waals surface area contributed by atoms with Gasteiger partial charge in [-0.3, -0.25) is 0 Å². The molecule has 0 amide bonds. The van der Waals surface area contributed by atoms with Crippen LogP contribution in [0.15, 0.2) is 11.8 Å². The zero-order chi connectivity index (χ0) is 5.28. The molecule has 1 rings (SSSR count). The molecule has 1 saturated carbocycles. The zero-order valence-corrected chi connectivity index (χ0v) is 4.65. The highest BCUT2D eigenvalue weighted by molar-refractivity contribution is 5.01. The minimum Gasteiger partial charge on any atom is -0.403 e. The molecule has 1 nitrogen and oxygen atoms in total. The van der Waals surface area contributed by atoms with Crippen LogP contribution in [-0.4, -0.2) is 0 Å². The first-order chi connectivity index (χ1) is 3.29. The second-order valence-electron chi connectivity index (χ2n) is 2.25. The van der Waals surface area contributed by atoms with Gasteiger partial charge >= 0.3 is 0 Å². The fraction of sp³-hybridized carbons (Fsp3) is 0.667. The monoisotopic (exact) mass is 97.1 g/mol. The van der Waals surface area contributed by atoms with E-state index in [1.165, 1.54) is 12.8 Å². The van der Waals surface area contributed by atoms with Crippen LogP contribution in [0.5, 0.6) is 0 Å². The van der Waals surface area contributed by atoms with E-state index in [9.17, 15) is 0 Å². The third-order valence-electron chi connectivity index (χ3n) is 1.12. The van der Waals surface area contributed by atoms with Crippen molar-refractivity contribution >= 4 is 0 Å². The van der Waals surface area contributed by atoms with Gasteiger partial charge in [-0.25, -0.2) is 0 Å². The zero-order valence-electron chi connectivity index (χ0n) is 4.65. The van der Waals surface area contributed by atoms with Crippen LogP contribution in [0, 0.1) is 5.92 Å². The Balaban J connectivity index is 2.29. The van der Waals surface area contributed by atoms with Gasteiger partial charge in [0.25, 0.3) is 0 Å². The molecule has 0 heterocycles. The van der Waals surface area contributed by atoms with Gasteiger partial charge in [0.15, 0.2) is 0 Å². The van der Waals surface area contributed by atoms with Crippen molar-refractivity contribution in [2.24, 2.45) is 11.7 Å². The lowest BCUT2D eigenvalue weighted by Crippen LogP contribution is -1.89. The molecule has 0 bridgehead atoms. The van der Waals surface area contributed by atoms with Gasteiger partial charge in [-0.1, -0.05) is 6.08 Å². The summed E-state index contributed by atoms with van der Waals surface area (Å²) in [7, 11) is 0. The molecule has 0 unspecified atom stereocenters. The molecule has 7 heavy (non-hydrogen) atoms. The van der Waals surface area contributed by atoms with E-state index in [0.717, 1.165) is 11.6 Å².